The molecule has 0 radical (unpaired) electrons. The fourth-order valence-electron chi connectivity index (χ4n) is 3.66. The molecule has 0 bridgehead atoms. The number of furan rings is 1. The van der Waals surface area contributed by atoms with Crippen molar-refractivity contribution >= 4 is 34.7 Å². The molecule has 0 aliphatic rings. The van der Waals surface area contributed by atoms with Crippen LogP contribution >= 0.6 is 22.6 Å². The second kappa shape index (κ2) is 10.1. The highest BCUT2D eigenvalue weighted by molar-refractivity contribution is 14.1. The minimum absolute atomic E-state index is 0.262. The van der Waals surface area contributed by atoms with E-state index in [1.807, 2.05) is 74.5 Å². The van der Waals surface area contributed by atoms with Crippen LogP contribution in [-0.2, 0) is 0 Å². The van der Waals surface area contributed by atoms with E-state index in [-0.39, 0.29) is 5.88 Å². The lowest BCUT2D eigenvalue weighted by Gasteiger charge is -2.10. The molecule has 0 unspecified atom stereocenters. The van der Waals surface area contributed by atoms with Crippen LogP contribution in [0.5, 0.6) is 11.5 Å². The summed E-state index contributed by atoms with van der Waals surface area (Å²) in [6.07, 6.45) is 1.67. The van der Waals surface area contributed by atoms with E-state index in [9.17, 15) is 5.26 Å². The number of aliphatic imine (C=N–C) groups is 1. The Hall–Kier alpha value is -3.57. The lowest BCUT2D eigenvalue weighted by Crippen LogP contribution is -1.95. The summed E-state index contributed by atoms with van der Waals surface area (Å²) < 4.78 is 18.0. The van der Waals surface area contributed by atoms with Gasteiger partial charge in [-0.1, -0.05) is 59.7 Å². The standard InChI is InChI=1S/C28H23IN2O3/c1-17-5-9-20(10-6-17)25-22(15-30)28(34-26(25)21-11-7-18(2)8-12-21)31-16-19-13-23(29)27(33-4)24(14-19)32-3/h5-14,16H,1-4H3. The van der Waals surface area contributed by atoms with Gasteiger partial charge in [0.15, 0.2) is 11.5 Å². The number of nitriles is 1. The van der Waals surface area contributed by atoms with E-state index in [1.54, 1.807) is 20.4 Å². The van der Waals surface area contributed by atoms with Crippen LogP contribution in [0.4, 0.5) is 5.88 Å². The van der Waals surface area contributed by atoms with Crippen LogP contribution in [0.2, 0.25) is 0 Å². The van der Waals surface area contributed by atoms with Crippen molar-refractivity contribution in [2.24, 2.45) is 4.99 Å². The molecular formula is C28H23IN2O3. The van der Waals surface area contributed by atoms with E-state index in [2.05, 4.69) is 33.7 Å². The molecule has 6 heteroatoms. The van der Waals surface area contributed by atoms with Gasteiger partial charge in [0.05, 0.1) is 17.8 Å². The summed E-state index contributed by atoms with van der Waals surface area (Å²) in [7, 11) is 3.20. The Bertz CT molecular complexity index is 1400. The number of aryl methyl sites for hydroxylation is 2. The van der Waals surface area contributed by atoms with E-state index in [1.165, 1.54) is 0 Å². The predicted octanol–water partition coefficient (Wildman–Crippen LogP) is 7.47. The topological polar surface area (TPSA) is 67.8 Å². The van der Waals surface area contributed by atoms with Crippen molar-refractivity contribution in [1.29, 1.82) is 5.26 Å². The number of rotatable bonds is 6. The van der Waals surface area contributed by atoms with Gasteiger partial charge in [0.25, 0.3) is 0 Å². The fraction of sp³-hybridized carbons (Fsp3) is 0.143. The first-order valence-electron chi connectivity index (χ1n) is 10.6. The van der Waals surface area contributed by atoms with E-state index < -0.39 is 0 Å². The molecule has 0 aliphatic heterocycles. The highest BCUT2D eigenvalue weighted by Gasteiger charge is 2.23. The van der Waals surface area contributed by atoms with Crippen molar-refractivity contribution in [3.05, 3.63) is 86.5 Å². The summed E-state index contributed by atoms with van der Waals surface area (Å²) in [6, 6.07) is 22.2. The number of hydrogen-bond acceptors (Lipinski definition) is 5. The first kappa shape index (κ1) is 23.6. The number of ether oxygens (including phenoxy) is 2. The first-order chi connectivity index (χ1) is 16.4. The molecular weight excluding hydrogens is 539 g/mol. The van der Waals surface area contributed by atoms with Gasteiger partial charge in [0.2, 0.25) is 5.88 Å². The van der Waals surface area contributed by atoms with Crippen molar-refractivity contribution in [1.82, 2.24) is 0 Å². The van der Waals surface area contributed by atoms with Crippen LogP contribution in [0.25, 0.3) is 22.5 Å². The van der Waals surface area contributed by atoms with Gasteiger partial charge in [-0.15, -0.1) is 0 Å². The number of halogens is 1. The van der Waals surface area contributed by atoms with Crippen LogP contribution in [-0.4, -0.2) is 20.4 Å². The molecule has 0 amide bonds. The molecule has 5 nitrogen and oxygen atoms in total. The third-order valence-corrected chi connectivity index (χ3v) is 6.24. The fourth-order valence-corrected chi connectivity index (χ4v) is 4.51. The van der Waals surface area contributed by atoms with E-state index >= 15 is 0 Å². The molecule has 0 saturated heterocycles. The van der Waals surface area contributed by atoms with Gasteiger partial charge in [0, 0.05) is 17.3 Å². The summed E-state index contributed by atoms with van der Waals surface area (Å²) in [5.41, 5.74) is 6.02. The van der Waals surface area contributed by atoms with Gasteiger partial charge in [0.1, 0.15) is 17.4 Å². The van der Waals surface area contributed by atoms with Crippen LogP contribution in [0.1, 0.15) is 22.3 Å². The van der Waals surface area contributed by atoms with E-state index in [4.69, 9.17) is 13.9 Å². The predicted molar refractivity (Wildman–Crippen MR) is 143 cm³/mol. The highest BCUT2D eigenvalue weighted by Crippen LogP contribution is 2.43. The Morgan fingerprint density at radius 2 is 1.53 bits per heavy atom. The van der Waals surface area contributed by atoms with Crippen LogP contribution < -0.4 is 9.47 Å². The Labute approximate surface area is 212 Å². The normalized spacial score (nSPS) is 10.9. The molecule has 0 saturated carbocycles. The summed E-state index contributed by atoms with van der Waals surface area (Å²) in [5.74, 6) is 2.16. The average molecular weight is 562 g/mol. The molecule has 170 valence electrons. The Kier molecular flexibility index (Phi) is 7.03. The summed E-state index contributed by atoms with van der Waals surface area (Å²) >= 11 is 2.19. The zero-order chi connectivity index (χ0) is 24.2. The molecule has 1 heterocycles. The summed E-state index contributed by atoms with van der Waals surface area (Å²) in [5, 5.41) is 10.1. The zero-order valence-corrected chi connectivity index (χ0v) is 21.5. The molecule has 0 spiro atoms. The minimum atomic E-state index is 0.262. The van der Waals surface area contributed by atoms with Crippen LogP contribution in [0.15, 0.2) is 70.1 Å². The molecule has 1 aromatic heterocycles. The number of benzene rings is 3. The average Bonchev–Trinajstić information content (AvgIpc) is 3.21. The van der Waals surface area contributed by atoms with E-state index in [0.29, 0.717) is 22.8 Å². The van der Waals surface area contributed by atoms with Gasteiger partial charge in [-0.05, 0) is 59.7 Å². The molecule has 4 rings (SSSR count). The van der Waals surface area contributed by atoms with Gasteiger partial charge >= 0.3 is 0 Å². The van der Waals surface area contributed by atoms with Gasteiger partial charge < -0.3 is 13.9 Å². The molecule has 4 aromatic rings. The lowest BCUT2D eigenvalue weighted by molar-refractivity contribution is 0.353. The summed E-state index contributed by atoms with van der Waals surface area (Å²) in [4.78, 5) is 4.57. The SMILES string of the molecule is COc1cc(C=Nc2oc(-c3ccc(C)cc3)c(-c3ccc(C)cc3)c2C#N)cc(I)c1OC. The summed E-state index contributed by atoms with van der Waals surface area (Å²) in [6.45, 7) is 4.07. The molecule has 0 N–H and O–H groups in total. The monoisotopic (exact) mass is 562 g/mol. The third kappa shape index (κ3) is 4.70. The van der Waals surface area contributed by atoms with E-state index in [0.717, 1.165) is 37.0 Å². The van der Waals surface area contributed by atoms with Crippen LogP contribution in [0, 0.1) is 28.7 Å². The first-order valence-corrected chi connectivity index (χ1v) is 11.7. The smallest absolute Gasteiger partial charge is 0.238 e. The number of nitrogens with zero attached hydrogens (tertiary/aromatic N) is 2. The number of methoxy groups -OCH3 is 2. The molecule has 0 atom stereocenters. The molecule has 0 fully saturated rings. The van der Waals surface area contributed by atoms with Crippen LogP contribution in [0.3, 0.4) is 0 Å². The van der Waals surface area contributed by atoms with Gasteiger partial charge in [-0.2, -0.15) is 5.26 Å². The second-order valence-corrected chi connectivity index (χ2v) is 8.99. The van der Waals surface area contributed by atoms with Crippen molar-refractivity contribution < 1.29 is 13.9 Å². The second-order valence-electron chi connectivity index (χ2n) is 7.83. The Balaban J connectivity index is 1.86. The lowest BCUT2D eigenvalue weighted by atomic mass is 9.97. The molecule has 0 aliphatic carbocycles. The third-order valence-electron chi connectivity index (χ3n) is 5.44. The highest BCUT2D eigenvalue weighted by atomic mass is 127. The Morgan fingerprint density at radius 3 is 2.09 bits per heavy atom. The molecule has 34 heavy (non-hydrogen) atoms. The maximum Gasteiger partial charge on any atom is 0.238 e. The quantitative estimate of drug-likeness (QED) is 0.181. The maximum atomic E-state index is 10.1. The van der Waals surface area contributed by atoms with Crippen molar-refractivity contribution in [3.8, 4) is 40.0 Å². The van der Waals surface area contributed by atoms with Gasteiger partial charge in [-0.3, -0.25) is 0 Å². The van der Waals surface area contributed by atoms with Gasteiger partial charge in [-0.25, -0.2) is 4.99 Å². The van der Waals surface area contributed by atoms with Crippen molar-refractivity contribution in [3.63, 3.8) is 0 Å². The molecule has 3 aromatic carbocycles. The van der Waals surface area contributed by atoms with Crippen molar-refractivity contribution in [2.45, 2.75) is 13.8 Å². The zero-order valence-electron chi connectivity index (χ0n) is 19.3. The minimum Gasteiger partial charge on any atom is -0.493 e. The maximum absolute atomic E-state index is 10.1. The largest absolute Gasteiger partial charge is 0.493 e. The van der Waals surface area contributed by atoms with Crippen molar-refractivity contribution in [2.75, 3.05) is 14.2 Å². The number of hydrogen-bond donors (Lipinski definition) is 0. The Morgan fingerprint density at radius 1 is 0.912 bits per heavy atom.